The number of hydrogen-bond acceptors (Lipinski definition) is 4. The predicted octanol–water partition coefficient (Wildman–Crippen LogP) is -0.460. The third-order valence-electron chi connectivity index (χ3n) is 4.22. The summed E-state index contributed by atoms with van der Waals surface area (Å²) in [5, 5.41) is 14.2. The lowest BCUT2D eigenvalue weighted by molar-refractivity contribution is -0.142. The number of piperazine rings is 1. The lowest BCUT2D eigenvalue weighted by atomic mass is 9.80. The van der Waals surface area contributed by atoms with E-state index in [4.69, 9.17) is 9.84 Å². The van der Waals surface area contributed by atoms with Gasteiger partial charge in [0.15, 0.2) is 0 Å². The van der Waals surface area contributed by atoms with E-state index in [-0.39, 0.29) is 5.60 Å². The minimum absolute atomic E-state index is 0.301. The summed E-state index contributed by atoms with van der Waals surface area (Å²) >= 11 is 0. The zero-order valence-corrected chi connectivity index (χ0v) is 12.1. The molecular weight excluding hydrogens is 278 g/mol. The molecule has 3 N–H and O–H groups in total. The molecule has 1 saturated carbocycles. The molecule has 8 nitrogen and oxygen atoms in total. The Kier molecular flexibility index (Phi) is 4.66. The van der Waals surface area contributed by atoms with Crippen molar-refractivity contribution in [1.82, 2.24) is 15.5 Å². The van der Waals surface area contributed by atoms with E-state index in [1.54, 1.807) is 7.11 Å². The van der Waals surface area contributed by atoms with Gasteiger partial charge in [0.05, 0.1) is 12.0 Å². The maximum atomic E-state index is 12.2. The van der Waals surface area contributed by atoms with E-state index >= 15 is 0 Å². The summed E-state index contributed by atoms with van der Waals surface area (Å²) in [5.41, 5.74) is -0.310. The first-order valence-corrected chi connectivity index (χ1v) is 7.06. The van der Waals surface area contributed by atoms with Crippen LogP contribution in [0.3, 0.4) is 0 Å². The van der Waals surface area contributed by atoms with Gasteiger partial charge in [-0.05, 0) is 19.3 Å². The van der Waals surface area contributed by atoms with E-state index in [1.807, 2.05) is 0 Å². The number of ether oxygens (including phenoxy) is 1. The maximum Gasteiger partial charge on any atom is 0.318 e. The first kappa shape index (κ1) is 15.6. The predicted molar refractivity (Wildman–Crippen MR) is 72.7 cm³/mol. The summed E-state index contributed by atoms with van der Waals surface area (Å²) in [6.07, 6.45) is 2.46. The molecule has 0 aromatic rings. The molecule has 3 amide bonds. The van der Waals surface area contributed by atoms with Crippen molar-refractivity contribution in [3.05, 3.63) is 0 Å². The molecule has 0 radical (unpaired) electrons. The van der Waals surface area contributed by atoms with E-state index in [9.17, 15) is 14.4 Å². The molecule has 1 atom stereocenters. The average molecular weight is 299 g/mol. The Morgan fingerprint density at radius 2 is 2.24 bits per heavy atom. The second-order valence-corrected chi connectivity index (χ2v) is 5.50. The first-order valence-electron chi connectivity index (χ1n) is 7.06. The number of rotatable bonds is 5. The topological polar surface area (TPSA) is 108 Å². The quantitative estimate of drug-likeness (QED) is 0.636. The third-order valence-corrected chi connectivity index (χ3v) is 4.22. The Morgan fingerprint density at radius 3 is 2.76 bits per heavy atom. The SMILES string of the molecule is COC1(CNC(=O)N2CCNC(=O)C2CC(=O)O)CCC1. The van der Waals surface area contributed by atoms with E-state index in [0.29, 0.717) is 19.6 Å². The van der Waals surface area contributed by atoms with Crippen LogP contribution in [-0.2, 0) is 14.3 Å². The van der Waals surface area contributed by atoms with Gasteiger partial charge in [0.1, 0.15) is 6.04 Å². The van der Waals surface area contributed by atoms with Crippen LogP contribution in [0.2, 0.25) is 0 Å². The molecule has 8 heteroatoms. The second-order valence-electron chi connectivity index (χ2n) is 5.50. The lowest BCUT2D eigenvalue weighted by Crippen LogP contribution is -2.61. The molecule has 118 valence electrons. The summed E-state index contributed by atoms with van der Waals surface area (Å²) in [6.45, 7) is 1.01. The number of amides is 3. The molecular formula is C13H21N3O5. The Bertz CT molecular complexity index is 430. The number of carbonyl (C=O) groups excluding carboxylic acids is 2. The van der Waals surface area contributed by atoms with Crippen LogP contribution in [0.15, 0.2) is 0 Å². The summed E-state index contributed by atoms with van der Waals surface area (Å²) in [4.78, 5) is 36.1. The number of hydrogen-bond donors (Lipinski definition) is 3. The summed E-state index contributed by atoms with van der Waals surface area (Å²) in [5.74, 6) is -1.54. The van der Waals surface area contributed by atoms with E-state index < -0.39 is 30.4 Å². The number of carboxylic acid groups (broad SMARTS) is 1. The van der Waals surface area contributed by atoms with Crippen LogP contribution in [0.5, 0.6) is 0 Å². The highest BCUT2D eigenvalue weighted by molar-refractivity contribution is 5.91. The number of carbonyl (C=O) groups is 3. The van der Waals surface area contributed by atoms with Crippen LogP contribution in [0.4, 0.5) is 4.79 Å². The van der Waals surface area contributed by atoms with Gasteiger partial charge in [-0.3, -0.25) is 9.59 Å². The highest BCUT2D eigenvalue weighted by Gasteiger charge is 2.39. The molecule has 1 saturated heterocycles. The van der Waals surface area contributed by atoms with Crippen molar-refractivity contribution < 1.29 is 24.2 Å². The molecule has 2 rings (SSSR count). The third kappa shape index (κ3) is 3.44. The normalized spacial score (nSPS) is 24.0. The van der Waals surface area contributed by atoms with Crippen molar-refractivity contribution in [2.24, 2.45) is 0 Å². The number of aliphatic carboxylic acids is 1. The summed E-state index contributed by atoms with van der Waals surface area (Å²) < 4.78 is 5.42. The Balaban J connectivity index is 1.95. The summed E-state index contributed by atoms with van der Waals surface area (Å²) in [6, 6.07) is -1.38. The van der Waals surface area contributed by atoms with Gasteiger partial charge in [0.25, 0.3) is 0 Å². The van der Waals surface area contributed by atoms with Crippen molar-refractivity contribution in [3.8, 4) is 0 Å². The van der Waals surface area contributed by atoms with Gasteiger partial charge in [-0.15, -0.1) is 0 Å². The van der Waals surface area contributed by atoms with Gasteiger partial charge in [-0.2, -0.15) is 0 Å². The number of nitrogens with zero attached hydrogens (tertiary/aromatic N) is 1. The van der Waals surface area contributed by atoms with Gasteiger partial charge in [0.2, 0.25) is 5.91 Å². The zero-order valence-electron chi connectivity index (χ0n) is 12.1. The molecule has 0 aromatic carbocycles. The largest absolute Gasteiger partial charge is 0.481 e. The minimum atomic E-state index is -1.11. The van der Waals surface area contributed by atoms with Crippen molar-refractivity contribution in [2.75, 3.05) is 26.7 Å². The second kappa shape index (κ2) is 6.30. The standard InChI is InChI=1S/C13H21N3O5/c1-21-13(3-2-4-13)8-15-12(20)16-6-5-14-11(19)9(16)7-10(17)18/h9H,2-8H2,1H3,(H,14,19)(H,15,20)(H,17,18). The van der Waals surface area contributed by atoms with Gasteiger partial charge in [0, 0.05) is 26.7 Å². The van der Waals surface area contributed by atoms with Gasteiger partial charge < -0.3 is 25.4 Å². The monoisotopic (exact) mass is 299 g/mol. The first-order chi connectivity index (χ1) is 9.97. The number of carboxylic acids is 1. The molecule has 1 aliphatic carbocycles. The van der Waals surface area contributed by atoms with Crippen LogP contribution >= 0.6 is 0 Å². The molecule has 21 heavy (non-hydrogen) atoms. The maximum absolute atomic E-state index is 12.2. The van der Waals surface area contributed by atoms with E-state index in [0.717, 1.165) is 19.3 Å². The Labute approximate surface area is 122 Å². The average Bonchev–Trinajstić information content (AvgIpc) is 2.39. The fourth-order valence-corrected chi connectivity index (χ4v) is 2.69. The highest BCUT2D eigenvalue weighted by Crippen LogP contribution is 2.34. The van der Waals surface area contributed by atoms with Crippen molar-refractivity contribution in [3.63, 3.8) is 0 Å². The number of methoxy groups -OCH3 is 1. The number of nitrogens with one attached hydrogen (secondary N) is 2. The molecule has 2 aliphatic rings. The van der Waals surface area contributed by atoms with Gasteiger partial charge >= 0.3 is 12.0 Å². The van der Waals surface area contributed by atoms with Crippen molar-refractivity contribution >= 4 is 17.9 Å². The molecule has 1 unspecified atom stereocenters. The lowest BCUT2D eigenvalue weighted by Gasteiger charge is -2.41. The van der Waals surface area contributed by atoms with Crippen LogP contribution in [0, 0.1) is 0 Å². The van der Waals surface area contributed by atoms with Crippen LogP contribution < -0.4 is 10.6 Å². The molecule has 1 heterocycles. The van der Waals surface area contributed by atoms with Crippen LogP contribution in [0.25, 0.3) is 0 Å². The number of urea groups is 1. The van der Waals surface area contributed by atoms with Gasteiger partial charge in [-0.1, -0.05) is 0 Å². The smallest absolute Gasteiger partial charge is 0.318 e. The van der Waals surface area contributed by atoms with Crippen LogP contribution in [-0.4, -0.2) is 66.3 Å². The molecule has 0 bridgehead atoms. The molecule has 2 fully saturated rings. The van der Waals surface area contributed by atoms with Crippen LogP contribution in [0.1, 0.15) is 25.7 Å². The Hall–Kier alpha value is -1.83. The van der Waals surface area contributed by atoms with Crippen molar-refractivity contribution in [2.45, 2.75) is 37.3 Å². The van der Waals surface area contributed by atoms with E-state index in [2.05, 4.69) is 10.6 Å². The van der Waals surface area contributed by atoms with Crippen molar-refractivity contribution in [1.29, 1.82) is 0 Å². The fraction of sp³-hybridized carbons (Fsp3) is 0.769. The minimum Gasteiger partial charge on any atom is -0.481 e. The summed E-state index contributed by atoms with van der Waals surface area (Å²) in [7, 11) is 1.62. The van der Waals surface area contributed by atoms with E-state index in [1.165, 1.54) is 4.90 Å². The molecule has 1 aliphatic heterocycles. The zero-order chi connectivity index (χ0) is 15.5. The molecule has 0 aromatic heterocycles. The van der Waals surface area contributed by atoms with Gasteiger partial charge in [-0.25, -0.2) is 4.79 Å². The molecule has 0 spiro atoms. The fourth-order valence-electron chi connectivity index (χ4n) is 2.69. The Morgan fingerprint density at radius 1 is 1.52 bits per heavy atom. The highest BCUT2D eigenvalue weighted by atomic mass is 16.5.